The first-order valence-electron chi connectivity index (χ1n) is 8.76. The van der Waals surface area contributed by atoms with Crippen molar-refractivity contribution in [3.63, 3.8) is 0 Å². The highest BCUT2D eigenvalue weighted by molar-refractivity contribution is 6.30. The number of nitrogen functional groups attached to an aromatic ring is 1. The van der Waals surface area contributed by atoms with Crippen LogP contribution in [-0.2, 0) is 17.9 Å². The van der Waals surface area contributed by atoms with Gasteiger partial charge in [0.1, 0.15) is 6.54 Å². The van der Waals surface area contributed by atoms with Gasteiger partial charge in [-0.2, -0.15) is 5.10 Å². The molecule has 0 atom stereocenters. The van der Waals surface area contributed by atoms with Crippen LogP contribution in [0.15, 0.2) is 59.8 Å². The predicted molar refractivity (Wildman–Crippen MR) is 110 cm³/mol. The zero-order valence-corrected chi connectivity index (χ0v) is 16.0. The quantitative estimate of drug-likeness (QED) is 0.374. The van der Waals surface area contributed by atoms with Gasteiger partial charge in [-0.15, -0.1) is 0 Å². The SMILES string of the molecule is Nc1nnnn1CC(=O)NN=Cc1cn(Cc2ccc(Cl)cc2)c2ccccc12. The lowest BCUT2D eigenvalue weighted by Crippen LogP contribution is -2.24. The molecule has 0 aliphatic heterocycles. The van der Waals surface area contributed by atoms with E-state index in [-0.39, 0.29) is 18.4 Å². The van der Waals surface area contributed by atoms with Gasteiger partial charge in [0.2, 0.25) is 5.95 Å². The minimum absolute atomic E-state index is 0.0643. The standard InChI is InChI=1S/C19H17ClN8O/c20-15-7-5-13(6-8-15)10-27-11-14(16-3-1-2-4-17(16)27)9-22-23-18(29)12-28-19(21)24-25-26-28/h1-9,11H,10,12H2,(H,23,29)(H2,21,24,26). The number of tetrazole rings is 1. The zero-order chi connectivity index (χ0) is 20.2. The largest absolute Gasteiger partial charge is 0.367 e. The van der Waals surface area contributed by atoms with E-state index in [0.717, 1.165) is 22.0 Å². The van der Waals surface area contributed by atoms with Crippen LogP contribution in [0.2, 0.25) is 5.02 Å². The molecule has 0 spiro atoms. The third-order valence-electron chi connectivity index (χ3n) is 4.33. The summed E-state index contributed by atoms with van der Waals surface area (Å²) in [5.74, 6) is -0.320. The van der Waals surface area contributed by atoms with Crippen molar-refractivity contribution in [3.8, 4) is 0 Å². The van der Waals surface area contributed by atoms with Crippen LogP contribution in [0.4, 0.5) is 5.95 Å². The molecule has 0 radical (unpaired) electrons. The summed E-state index contributed by atoms with van der Waals surface area (Å²) in [5.41, 5.74) is 11.1. The number of hydrogen-bond acceptors (Lipinski definition) is 6. The van der Waals surface area contributed by atoms with Gasteiger partial charge in [-0.05, 0) is 34.2 Å². The Labute approximate surface area is 170 Å². The fourth-order valence-electron chi connectivity index (χ4n) is 2.96. The summed E-state index contributed by atoms with van der Waals surface area (Å²) in [5, 5.41) is 16.3. The van der Waals surface area contributed by atoms with E-state index < -0.39 is 0 Å². The number of carbonyl (C=O) groups excluding carboxylic acids is 1. The number of nitrogens with two attached hydrogens (primary N) is 1. The van der Waals surface area contributed by atoms with Crippen molar-refractivity contribution < 1.29 is 4.79 Å². The Hall–Kier alpha value is -3.72. The third-order valence-corrected chi connectivity index (χ3v) is 4.58. The number of benzene rings is 2. The van der Waals surface area contributed by atoms with Gasteiger partial charge >= 0.3 is 0 Å². The van der Waals surface area contributed by atoms with Crippen molar-refractivity contribution >= 4 is 40.6 Å². The number of aromatic nitrogens is 5. The number of anilines is 1. The van der Waals surface area contributed by atoms with Crippen molar-refractivity contribution in [1.29, 1.82) is 0 Å². The van der Waals surface area contributed by atoms with E-state index in [9.17, 15) is 4.79 Å². The molecule has 0 aliphatic rings. The molecule has 4 rings (SSSR count). The molecule has 0 saturated heterocycles. The number of fused-ring (bicyclic) bond motifs is 1. The molecule has 9 nitrogen and oxygen atoms in total. The molecule has 0 bridgehead atoms. The number of hydrazone groups is 1. The normalized spacial score (nSPS) is 11.3. The molecule has 146 valence electrons. The van der Waals surface area contributed by atoms with E-state index >= 15 is 0 Å². The average molecular weight is 409 g/mol. The maximum atomic E-state index is 12.0. The molecule has 2 aromatic carbocycles. The minimum atomic E-state index is -0.384. The van der Waals surface area contributed by atoms with E-state index in [1.807, 2.05) is 54.7 Å². The maximum absolute atomic E-state index is 12.0. The number of halogens is 1. The highest BCUT2D eigenvalue weighted by Crippen LogP contribution is 2.21. The fourth-order valence-corrected chi connectivity index (χ4v) is 3.09. The Morgan fingerprint density at radius 3 is 2.76 bits per heavy atom. The number of rotatable bonds is 6. The molecular weight excluding hydrogens is 392 g/mol. The van der Waals surface area contributed by atoms with E-state index in [1.54, 1.807) is 6.21 Å². The molecule has 0 saturated carbocycles. The summed E-state index contributed by atoms with van der Waals surface area (Å²) in [6, 6.07) is 15.7. The van der Waals surface area contributed by atoms with Gasteiger partial charge < -0.3 is 10.3 Å². The Balaban J connectivity index is 1.51. The second kappa shape index (κ2) is 8.11. The van der Waals surface area contributed by atoms with Gasteiger partial charge in [0.15, 0.2) is 0 Å². The molecule has 0 unspecified atom stereocenters. The summed E-state index contributed by atoms with van der Waals surface area (Å²) in [6.07, 6.45) is 3.61. The fraction of sp³-hybridized carbons (Fsp3) is 0.105. The van der Waals surface area contributed by atoms with Gasteiger partial charge in [-0.1, -0.05) is 47.0 Å². The van der Waals surface area contributed by atoms with Crippen LogP contribution in [0.5, 0.6) is 0 Å². The molecule has 10 heteroatoms. The summed E-state index contributed by atoms with van der Waals surface area (Å²) >= 11 is 5.97. The highest BCUT2D eigenvalue weighted by Gasteiger charge is 2.09. The number of amides is 1. The highest BCUT2D eigenvalue weighted by atomic mass is 35.5. The number of nitrogens with one attached hydrogen (secondary N) is 1. The van der Waals surface area contributed by atoms with Crippen molar-refractivity contribution in [2.75, 3.05) is 5.73 Å². The van der Waals surface area contributed by atoms with E-state index in [0.29, 0.717) is 11.6 Å². The van der Waals surface area contributed by atoms with Crippen LogP contribution in [0.1, 0.15) is 11.1 Å². The van der Waals surface area contributed by atoms with Crippen LogP contribution in [0.3, 0.4) is 0 Å². The van der Waals surface area contributed by atoms with Gasteiger partial charge in [-0.3, -0.25) is 4.79 Å². The van der Waals surface area contributed by atoms with Crippen LogP contribution in [0.25, 0.3) is 10.9 Å². The predicted octanol–water partition coefficient (Wildman–Crippen LogP) is 2.06. The molecule has 2 aromatic heterocycles. The Morgan fingerprint density at radius 2 is 2.00 bits per heavy atom. The third kappa shape index (κ3) is 4.25. The first-order chi connectivity index (χ1) is 14.1. The van der Waals surface area contributed by atoms with Crippen molar-refractivity contribution in [1.82, 2.24) is 30.2 Å². The number of hydrogen-bond donors (Lipinski definition) is 2. The lowest BCUT2D eigenvalue weighted by atomic mass is 10.2. The monoisotopic (exact) mass is 408 g/mol. The van der Waals surface area contributed by atoms with E-state index in [4.69, 9.17) is 17.3 Å². The first-order valence-corrected chi connectivity index (χ1v) is 9.14. The molecule has 3 N–H and O–H groups in total. The van der Waals surface area contributed by atoms with Crippen molar-refractivity contribution in [2.24, 2.45) is 5.10 Å². The molecule has 0 aliphatic carbocycles. The molecule has 2 heterocycles. The molecule has 1 amide bonds. The first kappa shape index (κ1) is 18.6. The molecule has 4 aromatic rings. The number of para-hydroxylation sites is 1. The average Bonchev–Trinajstić information content (AvgIpc) is 3.28. The van der Waals surface area contributed by atoms with Gasteiger partial charge in [0, 0.05) is 34.2 Å². The minimum Gasteiger partial charge on any atom is -0.367 e. The zero-order valence-electron chi connectivity index (χ0n) is 15.2. The summed E-state index contributed by atoms with van der Waals surface area (Å²) < 4.78 is 3.31. The van der Waals surface area contributed by atoms with Crippen molar-refractivity contribution in [2.45, 2.75) is 13.1 Å². The number of carbonyl (C=O) groups is 1. The van der Waals surface area contributed by atoms with Crippen molar-refractivity contribution in [3.05, 3.63) is 70.9 Å². The molecule has 29 heavy (non-hydrogen) atoms. The van der Waals surface area contributed by atoms with Gasteiger partial charge in [-0.25, -0.2) is 10.1 Å². The number of nitrogens with zero attached hydrogens (tertiary/aromatic N) is 6. The van der Waals surface area contributed by atoms with Crippen LogP contribution < -0.4 is 11.2 Å². The second-order valence-electron chi connectivity index (χ2n) is 6.34. The summed E-state index contributed by atoms with van der Waals surface area (Å²) in [6.45, 7) is 0.574. The van der Waals surface area contributed by atoms with E-state index in [1.165, 1.54) is 4.68 Å². The lowest BCUT2D eigenvalue weighted by molar-refractivity contribution is -0.121. The summed E-state index contributed by atoms with van der Waals surface area (Å²) in [4.78, 5) is 12.0. The summed E-state index contributed by atoms with van der Waals surface area (Å²) in [7, 11) is 0. The topological polar surface area (TPSA) is 116 Å². The van der Waals surface area contributed by atoms with Crippen LogP contribution in [0, 0.1) is 0 Å². The molecule has 0 fully saturated rings. The van der Waals surface area contributed by atoms with E-state index in [2.05, 4.69) is 30.6 Å². The van der Waals surface area contributed by atoms with Gasteiger partial charge in [0.25, 0.3) is 5.91 Å². The van der Waals surface area contributed by atoms with Gasteiger partial charge in [0.05, 0.1) is 6.21 Å². The maximum Gasteiger partial charge on any atom is 0.261 e. The van der Waals surface area contributed by atoms with Crippen LogP contribution >= 0.6 is 11.6 Å². The Morgan fingerprint density at radius 1 is 1.21 bits per heavy atom. The Kier molecular flexibility index (Phi) is 5.21. The van der Waals surface area contributed by atoms with Crippen LogP contribution in [-0.4, -0.2) is 36.9 Å². The second-order valence-corrected chi connectivity index (χ2v) is 6.78. The lowest BCUT2D eigenvalue weighted by Gasteiger charge is -2.05. The smallest absolute Gasteiger partial charge is 0.261 e. The molecular formula is C19H17ClN8O. The Bertz CT molecular complexity index is 1180.